The van der Waals surface area contributed by atoms with Gasteiger partial charge in [0.1, 0.15) is 0 Å². The van der Waals surface area contributed by atoms with E-state index < -0.39 is 10.0 Å². The number of benzene rings is 1. The summed E-state index contributed by atoms with van der Waals surface area (Å²) in [7, 11) is -3.53. The molecule has 1 aromatic heterocycles. The third kappa shape index (κ3) is 2.85. The SMILES string of the molecule is O=S(=O)(Nc1ccsc1)c1ccc(CO)cc1. The second-order valence-electron chi connectivity index (χ2n) is 3.42. The third-order valence-electron chi connectivity index (χ3n) is 2.19. The number of thiophene rings is 1. The molecule has 0 saturated heterocycles. The molecule has 0 aliphatic rings. The average Bonchev–Trinajstić information content (AvgIpc) is 2.81. The standard InChI is InChI=1S/C11H11NO3S2/c13-7-9-1-3-11(4-2-9)17(14,15)12-10-5-6-16-8-10/h1-6,8,12-13H,7H2. The molecule has 90 valence electrons. The van der Waals surface area contributed by atoms with Gasteiger partial charge in [0, 0.05) is 5.38 Å². The van der Waals surface area contributed by atoms with E-state index in [1.54, 1.807) is 29.0 Å². The fraction of sp³-hybridized carbons (Fsp3) is 0.0909. The van der Waals surface area contributed by atoms with Gasteiger partial charge in [0.15, 0.2) is 0 Å². The molecule has 0 fully saturated rings. The van der Waals surface area contributed by atoms with Crippen LogP contribution < -0.4 is 4.72 Å². The smallest absolute Gasteiger partial charge is 0.261 e. The summed E-state index contributed by atoms with van der Waals surface area (Å²) in [5.41, 5.74) is 1.24. The lowest BCUT2D eigenvalue weighted by Crippen LogP contribution is -2.12. The van der Waals surface area contributed by atoms with Gasteiger partial charge in [0.2, 0.25) is 0 Å². The molecule has 0 amide bonds. The molecule has 0 bridgehead atoms. The minimum atomic E-state index is -3.53. The summed E-state index contributed by atoms with van der Waals surface area (Å²) in [4.78, 5) is 0.181. The fourth-order valence-corrected chi connectivity index (χ4v) is 3.02. The number of sulfonamides is 1. The van der Waals surface area contributed by atoms with Crippen LogP contribution in [-0.4, -0.2) is 13.5 Å². The van der Waals surface area contributed by atoms with Crippen molar-refractivity contribution in [2.45, 2.75) is 11.5 Å². The highest BCUT2D eigenvalue weighted by Gasteiger charge is 2.13. The van der Waals surface area contributed by atoms with Crippen molar-refractivity contribution in [1.82, 2.24) is 0 Å². The molecule has 2 rings (SSSR count). The number of hydrogen-bond acceptors (Lipinski definition) is 4. The van der Waals surface area contributed by atoms with E-state index in [1.807, 2.05) is 0 Å². The molecule has 0 aliphatic carbocycles. The third-order valence-corrected chi connectivity index (χ3v) is 4.27. The number of anilines is 1. The summed E-state index contributed by atoms with van der Waals surface area (Å²) in [5.74, 6) is 0. The van der Waals surface area contributed by atoms with Crippen LogP contribution in [-0.2, 0) is 16.6 Å². The second kappa shape index (κ2) is 4.87. The van der Waals surface area contributed by atoms with Gasteiger partial charge < -0.3 is 5.11 Å². The van der Waals surface area contributed by atoms with Crippen LogP contribution in [0.15, 0.2) is 46.0 Å². The summed E-state index contributed by atoms with van der Waals surface area (Å²) < 4.78 is 26.3. The summed E-state index contributed by atoms with van der Waals surface area (Å²) in [6, 6.07) is 7.81. The van der Waals surface area contributed by atoms with Crippen molar-refractivity contribution in [1.29, 1.82) is 0 Å². The molecule has 0 aliphatic heterocycles. The first-order valence-electron chi connectivity index (χ1n) is 4.86. The maximum absolute atomic E-state index is 11.9. The summed E-state index contributed by atoms with van der Waals surface area (Å²) in [6.45, 7) is -0.0989. The van der Waals surface area contributed by atoms with Crippen LogP contribution in [0.1, 0.15) is 5.56 Å². The number of aliphatic hydroxyl groups excluding tert-OH is 1. The minimum absolute atomic E-state index is 0.0989. The number of rotatable bonds is 4. The van der Waals surface area contributed by atoms with Gasteiger partial charge in [-0.15, -0.1) is 0 Å². The average molecular weight is 269 g/mol. The zero-order chi connectivity index (χ0) is 12.3. The zero-order valence-corrected chi connectivity index (χ0v) is 10.5. The first kappa shape index (κ1) is 12.1. The van der Waals surface area contributed by atoms with Crippen molar-refractivity contribution < 1.29 is 13.5 Å². The first-order chi connectivity index (χ1) is 8.12. The molecule has 0 unspecified atom stereocenters. The molecule has 2 aromatic rings. The molecule has 17 heavy (non-hydrogen) atoms. The molecular weight excluding hydrogens is 258 g/mol. The Balaban J connectivity index is 2.25. The van der Waals surface area contributed by atoms with E-state index in [2.05, 4.69) is 4.72 Å². The molecule has 0 radical (unpaired) electrons. The Morgan fingerprint density at radius 3 is 2.41 bits per heavy atom. The molecule has 6 heteroatoms. The first-order valence-corrected chi connectivity index (χ1v) is 7.29. The van der Waals surface area contributed by atoms with Crippen molar-refractivity contribution in [2.75, 3.05) is 4.72 Å². The van der Waals surface area contributed by atoms with Gasteiger partial charge in [-0.25, -0.2) is 8.42 Å². The fourth-order valence-electron chi connectivity index (χ4n) is 1.31. The number of aliphatic hydroxyl groups is 1. The Labute approximate surface area is 104 Å². The lowest BCUT2D eigenvalue weighted by molar-refractivity contribution is 0.282. The molecule has 1 heterocycles. The quantitative estimate of drug-likeness (QED) is 0.892. The number of nitrogens with one attached hydrogen (secondary N) is 1. The van der Waals surface area contributed by atoms with Gasteiger partial charge in [-0.05, 0) is 29.1 Å². The second-order valence-corrected chi connectivity index (χ2v) is 5.88. The minimum Gasteiger partial charge on any atom is -0.392 e. The largest absolute Gasteiger partial charge is 0.392 e. The maximum atomic E-state index is 11.9. The van der Waals surface area contributed by atoms with Crippen molar-refractivity contribution in [3.05, 3.63) is 46.7 Å². The lowest BCUT2D eigenvalue weighted by Gasteiger charge is -2.06. The van der Waals surface area contributed by atoms with Gasteiger partial charge in [-0.1, -0.05) is 12.1 Å². The van der Waals surface area contributed by atoms with Gasteiger partial charge in [-0.3, -0.25) is 4.72 Å². The Morgan fingerprint density at radius 2 is 1.88 bits per heavy atom. The van der Waals surface area contributed by atoms with Crippen LogP contribution in [0.3, 0.4) is 0 Å². The van der Waals surface area contributed by atoms with E-state index in [4.69, 9.17) is 5.11 Å². The maximum Gasteiger partial charge on any atom is 0.261 e. The summed E-state index contributed by atoms with van der Waals surface area (Å²) in [6.07, 6.45) is 0. The van der Waals surface area contributed by atoms with Crippen molar-refractivity contribution in [2.24, 2.45) is 0 Å². The molecule has 1 aromatic carbocycles. The van der Waals surface area contributed by atoms with Gasteiger partial charge in [-0.2, -0.15) is 11.3 Å². The Kier molecular flexibility index (Phi) is 3.46. The molecule has 4 nitrogen and oxygen atoms in total. The lowest BCUT2D eigenvalue weighted by atomic mass is 10.2. The molecule has 2 N–H and O–H groups in total. The van der Waals surface area contributed by atoms with E-state index in [1.165, 1.54) is 23.5 Å². The van der Waals surface area contributed by atoms with Crippen LogP contribution in [0.2, 0.25) is 0 Å². The summed E-state index contributed by atoms with van der Waals surface area (Å²) >= 11 is 1.42. The van der Waals surface area contributed by atoms with Crippen molar-refractivity contribution >= 4 is 27.0 Å². The predicted molar refractivity (Wildman–Crippen MR) is 67.5 cm³/mol. The van der Waals surface area contributed by atoms with Crippen LogP contribution >= 0.6 is 11.3 Å². The van der Waals surface area contributed by atoms with Crippen LogP contribution in [0.4, 0.5) is 5.69 Å². The monoisotopic (exact) mass is 269 g/mol. The van der Waals surface area contributed by atoms with Gasteiger partial charge in [0.05, 0.1) is 17.2 Å². The zero-order valence-electron chi connectivity index (χ0n) is 8.83. The Bertz CT molecular complexity index is 574. The highest BCUT2D eigenvalue weighted by atomic mass is 32.2. The van der Waals surface area contributed by atoms with Crippen LogP contribution in [0.5, 0.6) is 0 Å². The van der Waals surface area contributed by atoms with E-state index in [9.17, 15) is 8.42 Å². The molecular formula is C11H11NO3S2. The van der Waals surface area contributed by atoms with Crippen LogP contribution in [0.25, 0.3) is 0 Å². The van der Waals surface area contributed by atoms with Crippen molar-refractivity contribution in [3.8, 4) is 0 Å². The van der Waals surface area contributed by atoms with E-state index in [-0.39, 0.29) is 11.5 Å². The Morgan fingerprint density at radius 1 is 1.18 bits per heavy atom. The molecule has 0 spiro atoms. The van der Waals surface area contributed by atoms with Gasteiger partial charge in [0.25, 0.3) is 10.0 Å². The highest BCUT2D eigenvalue weighted by molar-refractivity contribution is 7.92. The predicted octanol–water partition coefficient (Wildman–Crippen LogP) is 2.04. The van der Waals surface area contributed by atoms with Gasteiger partial charge >= 0.3 is 0 Å². The van der Waals surface area contributed by atoms with E-state index >= 15 is 0 Å². The van der Waals surface area contributed by atoms with E-state index in [0.29, 0.717) is 11.3 Å². The van der Waals surface area contributed by atoms with Crippen molar-refractivity contribution in [3.63, 3.8) is 0 Å². The topological polar surface area (TPSA) is 66.4 Å². The summed E-state index contributed by atoms with van der Waals surface area (Å²) in [5, 5.41) is 12.4. The number of hydrogen-bond donors (Lipinski definition) is 2. The van der Waals surface area contributed by atoms with E-state index in [0.717, 1.165) is 0 Å². The normalized spacial score (nSPS) is 11.4. The molecule has 0 saturated carbocycles. The highest BCUT2D eigenvalue weighted by Crippen LogP contribution is 2.18. The molecule has 0 atom stereocenters. The Hall–Kier alpha value is -1.37. The van der Waals surface area contributed by atoms with Crippen LogP contribution in [0, 0.1) is 0 Å².